The number of aromatic nitrogens is 3. The molecule has 0 aliphatic heterocycles. The van der Waals surface area contributed by atoms with E-state index < -0.39 is 0 Å². The van der Waals surface area contributed by atoms with Crippen LogP contribution in [0.1, 0.15) is 17.4 Å². The van der Waals surface area contributed by atoms with Crippen molar-refractivity contribution in [3.63, 3.8) is 0 Å². The molecule has 1 unspecified atom stereocenters. The monoisotopic (exact) mass is 298 g/mol. The molecule has 2 rings (SSSR count). The van der Waals surface area contributed by atoms with E-state index in [-0.39, 0.29) is 27.8 Å². The Balaban J connectivity index is 2.02. The van der Waals surface area contributed by atoms with Crippen LogP contribution in [-0.2, 0) is 6.54 Å². The van der Waals surface area contributed by atoms with E-state index >= 15 is 0 Å². The number of rotatable bonds is 4. The average Bonchev–Trinajstić information content (AvgIpc) is 2.84. The number of halogens is 2. The van der Waals surface area contributed by atoms with Gasteiger partial charge in [-0.25, -0.2) is 9.97 Å². The predicted molar refractivity (Wildman–Crippen MR) is 73.4 cm³/mol. The topological polar surface area (TPSA) is 59.8 Å². The second-order valence-corrected chi connectivity index (χ2v) is 4.89. The molecular formula is C12H12Cl2N4O. The average molecular weight is 299 g/mol. The number of carbonyl (C=O) groups excluding carboxylic acids is 1. The fourth-order valence-corrected chi connectivity index (χ4v) is 1.96. The van der Waals surface area contributed by atoms with Gasteiger partial charge in [-0.3, -0.25) is 4.79 Å². The molecule has 2 heterocycles. The quantitative estimate of drug-likeness (QED) is 0.882. The van der Waals surface area contributed by atoms with Crippen LogP contribution in [0.2, 0.25) is 10.2 Å². The number of imidazole rings is 1. The van der Waals surface area contributed by atoms with Gasteiger partial charge >= 0.3 is 0 Å². The summed E-state index contributed by atoms with van der Waals surface area (Å²) in [7, 11) is 0. The van der Waals surface area contributed by atoms with Gasteiger partial charge in [0.05, 0.1) is 11.3 Å². The summed E-state index contributed by atoms with van der Waals surface area (Å²) in [5.74, 6) is -0.347. The Morgan fingerprint density at radius 1 is 1.47 bits per heavy atom. The van der Waals surface area contributed by atoms with E-state index in [9.17, 15) is 4.79 Å². The van der Waals surface area contributed by atoms with Crippen molar-refractivity contribution < 1.29 is 4.79 Å². The summed E-state index contributed by atoms with van der Waals surface area (Å²) in [4.78, 5) is 19.9. The number of carbonyl (C=O) groups is 1. The van der Waals surface area contributed by atoms with Gasteiger partial charge in [-0.05, 0) is 19.1 Å². The number of hydrogen-bond donors (Lipinski definition) is 1. The van der Waals surface area contributed by atoms with Crippen LogP contribution in [0.15, 0.2) is 30.9 Å². The van der Waals surface area contributed by atoms with E-state index in [1.165, 1.54) is 6.07 Å². The molecule has 1 atom stereocenters. The van der Waals surface area contributed by atoms with E-state index in [0.717, 1.165) is 0 Å². The van der Waals surface area contributed by atoms with Gasteiger partial charge in [-0.1, -0.05) is 23.2 Å². The second kappa shape index (κ2) is 6.04. The lowest BCUT2D eigenvalue weighted by Gasteiger charge is -2.14. The molecule has 19 heavy (non-hydrogen) atoms. The summed E-state index contributed by atoms with van der Waals surface area (Å²) in [5.41, 5.74) is 0.131. The Morgan fingerprint density at radius 2 is 2.26 bits per heavy atom. The Bertz CT molecular complexity index is 571. The summed E-state index contributed by atoms with van der Waals surface area (Å²) in [6.07, 6.45) is 5.20. The summed E-state index contributed by atoms with van der Waals surface area (Å²) in [6, 6.07) is 3.00. The highest BCUT2D eigenvalue weighted by Gasteiger charge is 2.15. The SMILES string of the molecule is CC(Cn1ccnc1)NC(=O)c1nc(Cl)ccc1Cl. The third-order valence-corrected chi connectivity index (χ3v) is 2.96. The first-order chi connectivity index (χ1) is 9.06. The molecule has 0 aromatic carbocycles. The maximum atomic E-state index is 12.0. The maximum absolute atomic E-state index is 12.0. The van der Waals surface area contributed by atoms with Crippen LogP contribution in [-0.4, -0.2) is 26.5 Å². The minimum Gasteiger partial charge on any atom is -0.346 e. The van der Waals surface area contributed by atoms with Gasteiger partial charge in [0, 0.05) is 25.0 Å². The highest BCUT2D eigenvalue weighted by Crippen LogP contribution is 2.16. The Labute approximate surface area is 120 Å². The van der Waals surface area contributed by atoms with E-state index in [4.69, 9.17) is 23.2 Å². The first-order valence-corrected chi connectivity index (χ1v) is 6.40. The standard InChI is InChI=1S/C12H12Cl2N4O/c1-8(6-18-5-4-15-7-18)16-12(19)11-9(13)2-3-10(14)17-11/h2-5,7-8H,6H2,1H3,(H,16,19). The molecular weight excluding hydrogens is 287 g/mol. The van der Waals surface area contributed by atoms with Crippen molar-refractivity contribution in [3.05, 3.63) is 46.7 Å². The highest BCUT2D eigenvalue weighted by atomic mass is 35.5. The number of pyridine rings is 1. The molecule has 2 aromatic heterocycles. The van der Waals surface area contributed by atoms with E-state index in [1.54, 1.807) is 18.6 Å². The third kappa shape index (κ3) is 3.68. The predicted octanol–water partition coefficient (Wildman–Crippen LogP) is 2.40. The number of hydrogen-bond acceptors (Lipinski definition) is 3. The summed E-state index contributed by atoms with van der Waals surface area (Å²) < 4.78 is 1.87. The normalized spacial score (nSPS) is 12.2. The van der Waals surface area contributed by atoms with Crippen molar-refractivity contribution in [1.82, 2.24) is 19.9 Å². The zero-order chi connectivity index (χ0) is 13.8. The maximum Gasteiger partial charge on any atom is 0.271 e. The van der Waals surface area contributed by atoms with Gasteiger partial charge < -0.3 is 9.88 Å². The van der Waals surface area contributed by atoms with E-state index in [1.807, 2.05) is 17.7 Å². The molecule has 0 radical (unpaired) electrons. The minimum atomic E-state index is -0.347. The van der Waals surface area contributed by atoms with Crippen LogP contribution in [0.25, 0.3) is 0 Å². The molecule has 0 fully saturated rings. The summed E-state index contributed by atoms with van der Waals surface area (Å²) in [5, 5.41) is 3.32. The van der Waals surface area contributed by atoms with Gasteiger partial charge in [-0.15, -0.1) is 0 Å². The summed E-state index contributed by atoms with van der Waals surface area (Å²) >= 11 is 11.7. The molecule has 2 aromatic rings. The fraction of sp³-hybridized carbons (Fsp3) is 0.250. The smallest absolute Gasteiger partial charge is 0.271 e. The van der Waals surface area contributed by atoms with E-state index in [2.05, 4.69) is 15.3 Å². The lowest BCUT2D eigenvalue weighted by atomic mass is 10.3. The van der Waals surface area contributed by atoms with Gasteiger partial charge in [0.1, 0.15) is 10.8 Å². The van der Waals surface area contributed by atoms with E-state index in [0.29, 0.717) is 6.54 Å². The Hall–Kier alpha value is -1.59. The van der Waals surface area contributed by atoms with Crippen LogP contribution in [0.5, 0.6) is 0 Å². The van der Waals surface area contributed by atoms with Gasteiger partial charge in [0.15, 0.2) is 0 Å². The van der Waals surface area contributed by atoms with Gasteiger partial charge in [0.25, 0.3) is 5.91 Å². The molecule has 0 aliphatic rings. The van der Waals surface area contributed by atoms with Crippen molar-refractivity contribution in [1.29, 1.82) is 0 Å². The van der Waals surface area contributed by atoms with Crippen molar-refractivity contribution in [2.24, 2.45) is 0 Å². The molecule has 5 nitrogen and oxygen atoms in total. The van der Waals surface area contributed by atoms with Crippen LogP contribution < -0.4 is 5.32 Å². The van der Waals surface area contributed by atoms with Crippen LogP contribution in [0.3, 0.4) is 0 Å². The van der Waals surface area contributed by atoms with Crippen LogP contribution in [0, 0.1) is 0 Å². The first-order valence-electron chi connectivity index (χ1n) is 5.65. The van der Waals surface area contributed by atoms with Crippen molar-refractivity contribution in [3.8, 4) is 0 Å². The molecule has 0 bridgehead atoms. The minimum absolute atomic E-state index is 0.0847. The molecule has 100 valence electrons. The lowest BCUT2D eigenvalue weighted by Crippen LogP contribution is -2.36. The zero-order valence-electron chi connectivity index (χ0n) is 10.2. The van der Waals surface area contributed by atoms with Crippen LogP contribution in [0.4, 0.5) is 0 Å². The fourth-order valence-electron chi connectivity index (χ4n) is 1.63. The second-order valence-electron chi connectivity index (χ2n) is 4.10. The Morgan fingerprint density at radius 3 is 2.95 bits per heavy atom. The summed E-state index contributed by atoms with van der Waals surface area (Å²) in [6.45, 7) is 2.50. The molecule has 0 saturated carbocycles. The largest absolute Gasteiger partial charge is 0.346 e. The third-order valence-electron chi connectivity index (χ3n) is 2.45. The zero-order valence-corrected chi connectivity index (χ0v) is 11.7. The van der Waals surface area contributed by atoms with Crippen molar-refractivity contribution in [2.45, 2.75) is 19.5 Å². The first kappa shape index (κ1) is 13.8. The number of nitrogens with one attached hydrogen (secondary N) is 1. The molecule has 1 amide bonds. The molecule has 0 saturated heterocycles. The molecule has 7 heteroatoms. The van der Waals surface area contributed by atoms with Crippen molar-refractivity contribution in [2.75, 3.05) is 0 Å². The lowest BCUT2D eigenvalue weighted by molar-refractivity contribution is 0.0932. The molecule has 0 aliphatic carbocycles. The van der Waals surface area contributed by atoms with Gasteiger partial charge in [-0.2, -0.15) is 0 Å². The van der Waals surface area contributed by atoms with Gasteiger partial charge in [0.2, 0.25) is 0 Å². The number of nitrogens with zero attached hydrogens (tertiary/aromatic N) is 3. The molecule has 1 N–H and O–H groups in total. The molecule has 0 spiro atoms. The van der Waals surface area contributed by atoms with Crippen molar-refractivity contribution >= 4 is 29.1 Å². The van der Waals surface area contributed by atoms with Crippen LogP contribution >= 0.6 is 23.2 Å². The Kier molecular flexibility index (Phi) is 4.39. The highest BCUT2D eigenvalue weighted by molar-refractivity contribution is 6.34. The number of amides is 1.